The third kappa shape index (κ3) is 1.93. The third-order valence-electron chi connectivity index (χ3n) is 4.79. The summed E-state index contributed by atoms with van der Waals surface area (Å²) in [5.74, 6) is 0.479. The first-order valence-corrected chi connectivity index (χ1v) is 7.34. The summed E-state index contributed by atoms with van der Waals surface area (Å²) < 4.78 is 0. The fourth-order valence-corrected chi connectivity index (χ4v) is 3.77. The van der Waals surface area contributed by atoms with Crippen LogP contribution in [0.1, 0.15) is 61.6 Å². The fourth-order valence-electron chi connectivity index (χ4n) is 3.77. The summed E-state index contributed by atoms with van der Waals surface area (Å²) in [4.78, 5) is 0. The van der Waals surface area contributed by atoms with Crippen molar-refractivity contribution in [3.8, 4) is 5.75 Å². The predicted octanol–water partition coefficient (Wildman–Crippen LogP) is 3.39. The summed E-state index contributed by atoms with van der Waals surface area (Å²) in [6.07, 6.45) is 10.6. The normalized spacial score (nSPS) is 22.5. The molecule has 1 aromatic rings. The number of aromatic hydroxyl groups is 1. The summed E-state index contributed by atoms with van der Waals surface area (Å²) in [7, 11) is 0. The molecule has 2 nitrogen and oxygen atoms in total. The molecule has 3 rings (SSSR count). The molecular formula is C16H23NO. The highest BCUT2D eigenvalue weighted by molar-refractivity contribution is 5.48. The first kappa shape index (κ1) is 12.0. The zero-order valence-electron chi connectivity index (χ0n) is 11.0. The molecule has 0 radical (unpaired) electrons. The van der Waals surface area contributed by atoms with Crippen LogP contribution in [-0.4, -0.2) is 5.11 Å². The topological polar surface area (TPSA) is 46.2 Å². The van der Waals surface area contributed by atoms with Gasteiger partial charge in [0.2, 0.25) is 0 Å². The summed E-state index contributed by atoms with van der Waals surface area (Å²) in [6.45, 7) is 0. The summed E-state index contributed by atoms with van der Waals surface area (Å²) in [6, 6.07) is 3.95. The minimum absolute atomic E-state index is 0.132. The van der Waals surface area contributed by atoms with E-state index in [2.05, 4.69) is 6.07 Å². The molecule has 1 fully saturated rings. The maximum atomic E-state index is 10.0. The number of fused-ring (bicyclic) bond motifs is 1. The van der Waals surface area contributed by atoms with Gasteiger partial charge in [0.1, 0.15) is 5.75 Å². The molecule has 3 N–H and O–H groups in total. The van der Waals surface area contributed by atoms with Crippen molar-refractivity contribution in [1.29, 1.82) is 0 Å². The predicted molar refractivity (Wildman–Crippen MR) is 73.7 cm³/mol. The SMILES string of the molecule is NC1(c2ccc(O)c3c2CCCC3)CCCCC1. The van der Waals surface area contributed by atoms with Crippen LogP contribution in [0.5, 0.6) is 5.75 Å². The van der Waals surface area contributed by atoms with Crippen LogP contribution >= 0.6 is 0 Å². The van der Waals surface area contributed by atoms with E-state index in [1.807, 2.05) is 6.07 Å². The Balaban J connectivity index is 2.06. The average molecular weight is 245 g/mol. The van der Waals surface area contributed by atoms with Crippen LogP contribution in [0.4, 0.5) is 0 Å². The quantitative estimate of drug-likeness (QED) is 0.796. The molecular weight excluding hydrogens is 222 g/mol. The Labute approximate surface area is 109 Å². The van der Waals surface area contributed by atoms with Crippen molar-refractivity contribution in [2.45, 2.75) is 63.3 Å². The number of nitrogens with two attached hydrogens (primary N) is 1. The number of rotatable bonds is 1. The highest BCUT2D eigenvalue weighted by Gasteiger charge is 2.33. The van der Waals surface area contributed by atoms with Crippen LogP contribution in [0.15, 0.2) is 12.1 Å². The number of hydrogen-bond donors (Lipinski definition) is 2. The van der Waals surface area contributed by atoms with E-state index in [4.69, 9.17) is 5.73 Å². The molecule has 1 saturated carbocycles. The standard InChI is InChI=1S/C16H23NO/c17-16(10-4-1-5-11-16)14-8-9-15(18)13-7-3-2-6-12(13)14/h8-9,18H,1-7,10-11,17H2. The van der Waals surface area contributed by atoms with E-state index < -0.39 is 0 Å². The van der Waals surface area contributed by atoms with E-state index in [-0.39, 0.29) is 5.54 Å². The second-order valence-electron chi connectivity index (χ2n) is 6.01. The van der Waals surface area contributed by atoms with Gasteiger partial charge in [-0.15, -0.1) is 0 Å². The largest absolute Gasteiger partial charge is 0.508 e. The van der Waals surface area contributed by atoms with Crippen molar-refractivity contribution in [2.75, 3.05) is 0 Å². The molecule has 0 aromatic heterocycles. The van der Waals surface area contributed by atoms with Gasteiger partial charge in [0.25, 0.3) is 0 Å². The van der Waals surface area contributed by atoms with Gasteiger partial charge in [0.05, 0.1) is 0 Å². The monoisotopic (exact) mass is 245 g/mol. The van der Waals surface area contributed by atoms with Gasteiger partial charge < -0.3 is 10.8 Å². The highest BCUT2D eigenvalue weighted by atomic mass is 16.3. The maximum Gasteiger partial charge on any atom is 0.119 e. The van der Waals surface area contributed by atoms with Crippen LogP contribution in [-0.2, 0) is 18.4 Å². The Morgan fingerprint density at radius 2 is 1.56 bits per heavy atom. The molecule has 0 aliphatic heterocycles. The summed E-state index contributed by atoms with van der Waals surface area (Å²) in [5.41, 5.74) is 10.4. The first-order chi connectivity index (χ1) is 8.71. The Hall–Kier alpha value is -1.02. The zero-order chi connectivity index (χ0) is 12.6. The van der Waals surface area contributed by atoms with Crippen molar-refractivity contribution < 1.29 is 5.11 Å². The Morgan fingerprint density at radius 1 is 0.889 bits per heavy atom. The van der Waals surface area contributed by atoms with Crippen LogP contribution in [0.3, 0.4) is 0 Å². The minimum Gasteiger partial charge on any atom is -0.508 e. The lowest BCUT2D eigenvalue weighted by Gasteiger charge is -2.37. The molecule has 0 unspecified atom stereocenters. The first-order valence-electron chi connectivity index (χ1n) is 7.34. The average Bonchev–Trinajstić information content (AvgIpc) is 2.40. The smallest absolute Gasteiger partial charge is 0.119 e. The Bertz CT molecular complexity index is 447. The van der Waals surface area contributed by atoms with Gasteiger partial charge in [-0.2, -0.15) is 0 Å². The highest BCUT2D eigenvalue weighted by Crippen LogP contribution is 2.41. The van der Waals surface area contributed by atoms with Crippen LogP contribution in [0, 0.1) is 0 Å². The number of hydrogen-bond acceptors (Lipinski definition) is 2. The van der Waals surface area contributed by atoms with E-state index in [0.29, 0.717) is 5.75 Å². The number of phenols is 1. The van der Waals surface area contributed by atoms with E-state index in [9.17, 15) is 5.11 Å². The maximum absolute atomic E-state index is 10.0. The molecule has 1 aromatic carbocycles. The van der Waals surface area contributed by atoms with Crippen molar-refractivity contribution >= 4 is 0 Å². The Morgan fingerprint density at radius 3 is 2.28 bits per heavy atom. The third-order valence-corrected chi connectivity index (χ3v) is 4.79. The Kier molecular flexibility index (Phi) is 3.06. The van der Waals surface area contributed by atoms with Gasteiger partial charge in [-0.3, -0.25) is 0 Å². The molecule has 0 amide bonds. The molecule has 0 spiro atoms. The molecule has 98 valence electrons. The van der Waals surface area contributed by atoms with E-state index >= 15 is 0 Å². The molecule has 2 aliphatic rings. The molecule has 2 aliphatic carbocycles. The lowest BCUT2D eigenvalue weighted by atomic mass is 9.73. The molecule has 0 atom stereocenters. The van der Waals surface area contributed by atoms with Crippen molar-refractivity contribution in [3.05, 3.63) is 28.8 Å². The van der Waals surface area contributed by atoms with Gasteiger partial charge in [-0.1, -0.05) is 25.3 Å². The van der Waals surface area contributed by atoms with Gasteiger partial charge in [0.15, 0.2) is 0 Å². The van der Waals surface area contributed by atoms with E-state index in [0.717, 1.165) is 25.7 Å². The van der Waals surface area contributed by atoms with Crippen molar-refractivity contribution in [1.82, 2.24) is 0 Å². The van der Waals surface area contributed by atoms with E-state index in [1.54, 1.807) is 0 Å². The van der Waals surface area contributed by atoms with Gasteiger partial charge in [0, 0.05) is 5.54 Å². The van der Waals surface area contributed by atoms with Gasteiger partial charge in [-0.25, -0.2) is 0 Å². The number of phenolic OH excluding ortho intramolecular Hbond substituents is 1. The second-order valence-corrected chi connectivity index (χ2v) is 6.01. The molecule has 2 heteroatoms. The number of benzene rings is 1. The van der Waals surface area contributed by atoms with Crippen LogP contribution in [0.25, 0.3) is 0 Å². The van der Waals surface area contributed by atoms with Crippen LogP contribution in [0.2, 0.25) is 0 Å². The molecule has 0 heterocycles. The molecule has 0 bridgehead atoms. The molecule has 0 saturated heterocycles. The van der Waals surface area contributed by atoms with Crippen molar-refractivity contribution in [2.24, 2.45) is 5.73 Å². The molecule has 18 heavy (non-hydrogen) atoms. The fraction of sp³-hybridized carbons (Fsp3) is 0.625. The summed E-state index contributed by atoms with van der Waals surface area (Å²) >= 11 is 0. The van der Waals surface area contributed by atoms with E-state index in [1.165, 1.54) is 48.8 Å². The second kappa shape index (κ2) is 4.58. The van der Waals surface area contributed by atoms with Crippen LogP contribution < -0.4 is 5.73 Å². The zero-order valence-corrected chi connectivity index (χ0v) is 11.0. The summed E-state index contributed by atoms with van der Waals surface area (Å²) in [5, 5.41) is 10.0. The lowest BCUT2D eigenvalue weighted by Crippen LogP contribution is -2.40. The lowest BCUT2D eigenvalue weighted by molar-refractivity contribution is 0.299. The minimum atomic E-state index is -0.132. The van der Waals surface area contributed by atoms with Crippen molar-refractivity contribution in [3.63, 3.8) is 0 Å². The van der Waals surface area contributed by atoms with Gasteiger partial charge >= 0.3 is 0 Å². The van der Waals surface area contributed by atoms with Gasteiger partial charge in [-0.05, 0) is 61.3 Å².